The Balaban J connectivity index is 2.26. The highest BCUT2D eigenvalue weighted by Gasteiger charge is 2.15. The molecule has 1 unspecified atom stereocenters. The van der Waals surface area contributed by atoms with Gasteiger partial charge in [0.25, 0.3) is 0 Å². The highest BCUT2D eigenvalue weighted by molar-refractivity contribution is 7.99. The summed E-state index contributed by atoms with van der Waals surface area (Å²) in [5.74, 6) is 1.20. The van der Waals surface area contributed by atoms with Crippen LogP contribution in [-0.2, 0) is 0 Å². The number of hydrogen-bond donors (Lipinski definition) is 0. The van der Waals surface area contributed by atoms with E-state index in [-0.39, 0.29) is 0 Å². The van der Waals surface area contributed by atoms with E-state index in [1.165, 1.54) is 4.90 Å². The molecule has 0 fully saturated rings. The number of hydrogen-bond acceptors (Lipinski definition) is 4. The molecule has 0 N–H and O–H groups in total. The molecule has 0 aliphatic heterocycles. The fraction of sp³-hybridized carbons (Fsp3) is 0.214. The van der Waals surface area contributed by atoms with Gasteiger partial charge in [-0.2, -0.15) is 5.26 Å². The summed E-state index contributed by atoms with van der Waals surface area (Å²) in [7, 11) is 0. The van der Waals surface area contributed by atoms with Gasteiger partial charge in [0.15, 0.2) is 0 Å². The molecule has 1 aromatic heterocycles. The van der Waals surface area contributed by atoms with Gasteiger partial charge in [0, 0.05) is 17.3 Å². The summed E-state index contributed by atoms with van der Waals surface area (Å²) in [6.45, 7) is 2.12. The number of thioether (sulfide) groups is 1. The van der Waals surface area contributed by atoms with E-state index in [0.717, 1.165) is 11.3 Å². The maximum atomic E-state index is 9.27. The van der Waals surface area contributed by atoms with Crippen LogP contribution in [0.2, 0.25) is 0 Å². The van der Waals surface area contributed by atoms with Gasteiger partial charge in [0.05, 0.1) is 6.07 Å². The molecule has 2 aromatic rings. The molecule has 0 saturated carbocycles. The molecule has 0 radical (unpaired) electrons. The molecule has 3 nitrogen and oxygen atoms in total. The van der Waals surface area contributed by atoms with Crippen LogP contribution < -0.4 is 0 Å². The van der Waals surface area contributed by atoms with E-state index in [4.69, 9.17) is 0 Å². The standard InChI is InChI=1S/C14H13N3S/c1-2-18-12-6-4-11(5-7-12)13(10-15)14-16-8-3-9-17-14/h3-9,13H,2H2,1H3. The van der Waals surface area contributed by atoms with Crippen LogP contribution in [0, 0.1) is 11.3 Å². The molecule has 90 valence electrons. The van der Waals surface area contributed by atoms with Crippen molar-refractivity contribution in [3.63, 3.8) is 0 Å². The number of aromatic nitrogens is 2. The minimum atomic E-state index is -0.396. The lowest BCUT2D eigenvalue weighted by atomic mass is 10.00. The Hall–Kier alpha value is -1.86. The quantitative estimate of drug-likeness (QED) is 0.787. The molecule has 1 atom stereocenters. The lowest BCUT2D eigenvalue weighted by molar-refractivity contribution is 0.889. The van der Waals surface area contributed by atoms with Crippen LogP contribution in [0.25, 0.3) is 0 Å². The summed E-state index contributed by atoms with van der Waals surface area (Å²) < 4.78 is 0. The van der Waals surface area contributed by atoms with E-state index in [0.29, 0.717) is 5.82 Å². The van der Waals surface area contributed by atoms with Crippen molar-refractivity contribution in [2.45, 2.75) is 17.7 Å². The van der Waals surface area contributed by atoms with Crippen LogP contribution in [-0.4, -0.2) is 15.7 Å². The van der Waals surface area contributed by atoms with Crippen LogP contribution in [0.15, 0.2) is 47.6 Å². The third-order valence-electron chi connectivity index (χ3n) is 2.50. The number of nitriles is 1. The van der Waals surface area contributed by atoms with Crippen molar-refractivity contribution in [1.82, 2.24) is 9.97 Å². The zero-order chi connectivity index (χ0) is 12.8. The fourth-order valence-corrected chi connectivity index (χ4v) is 2.33. The third kappa shape index (κ3) is 2.88. The number of rotatable bonds is 4. The molecule has 1 heterocycles. The van der Waals surface area contributed by atoms with E-state index >= 15 is 0 Å². The minimum Gasteiger partial charge on any atom is -0.240 e. The summed E-state index contributed by atoms with van der Waals surface area (Å²) in [5, 5.41) is 9.27. The van der Waals surface area contributed by atoms with Crippen LogP contribution in [0.4, 0.5) is 0 Å². The van der Waals surface area contributed by atoms with Crippen molar-refractivity contribution in [3.05, 3.63) is 54.1 Å². The summed E-state index contributed by atoms with van der Waals surface area (Å²) in [6, 6.07) is 12.0. The molecule has 0 aliphatic rings. The first-order valence-corrected chi connectivity index (χ1v) is 6.73. The van der Waals surface area contributed by atoms with E-state index < -0.39 is 5.92 Å². The zero-order valence-electron chi connectivity index (χ0n) is 10.1. The highest BCUT2D eigenvalue weighted by Crippen LogP contribution is 2.24. The summed E-state index contributed by atoms with van der Waals surface area (Å²) >= 11 is 1.78. The molecule has 0 saturated heterocycles. The molecule has 0 amide bonds. The molecule has 1 aromatic carbocycles. The second kappa shape index (κ2) is 6.18. The topological polar surface area (TPSA) is 49.6 Å². The summed E-state index contributed by atoms with van der Waals surface area (Å²) in [6.07, 6.45) is 3.32. The number of benzene rings is 1. The van der Waals surface area contributed by atoms with Gasteiger partial charge in [0.1, 0.15) is 11.7 Å². The molecule has 0 bridgehead atoms. The van der Waals surface area contributed by atoms with E-state index in [1.54, 1.807) is 30.2 Å². The van der Waals surface area contributed by atoms with Crippen LogP contribution in [0.3, 0.4) is 0 Å². The van der Waals surface area contributed by atoms with Gasteiger partial charge in [-0.05, 0) is 29.5 Å². The van der Waals surface area contributed by atoms with Gasteiger partial charge < -0.3 is 0 Å². The third-order valence-corrected chi connectivity index (χ3v) is 3.39. The Morgan fingerprint density at radius 3 is 2.44 bits per heavy atom. The molecular formula is C14H13N3S. The highest BCUT2D eigenvalue weighted by atomic mass is 32.2. The van der Waals surface area contributed by atoms with E-state index in [2.05, 4.69) is 23.0 Å². The maximum Gasteiger partial charge on any atom is 0.149 e. The van der Waals surface area contributed by atoms with Crippen LogP contribution >= 0.6 is 11.8 Å². The van der Waals surface area contributed by atoms with Gasteiger partial charge in [-0.25, -0.2) is 9.97 Å². The predicted molar refractivity (Wildman–Crippen MR) is 72.3 cm³/mol. The van der Waals surface area contributed by atoms with Gasteiger partial charge in [0.2, 0.25) is 0 Å². The molecular weight excluding hydrogens is 242 g/mol. The van der Waals surface area contributed by atoms with Gasteiger partial charge in [-0.1, -0.05) is 19.1 Å². The van der Waals surface area contributed by atoms with Gasteiger partial charge in [-0.3, -0.25) is 0 Å². The van der Waals surface area contributed by atoms with E-state index in [9.17, 15) is 5.26 Å². The van der Waals surface area contributed by atoms with Gasteiger partial charge in [-0.15, -0.1) is 11.8 Å². The van der Waals surface area contributed by atoms with Gasteiger partial charge >= 0.3 is 0 Å². The normalized spacial score (nSPS) is 11.8. The lowest BCUT2D eigenvalue weighted by Crippen LogP contribution is -2.03. The lowest BCUT2D eigenvalue weighted by Gasteiger charge is -2.08. The Morgan fingerprint density at radius 1 is 1.22 bits per heavy atom. The Bertz CT molecular complexity index is 531. The first kappa shape index (κ1) is 12.6. The fourth-order valence-electron chi connectivity index (χ4n) is 1.66. The van der Waals surface area contributed by atoms with Crippen LogP contribution in [0.1, 0.15) is 24.2 Å². The maximum absolute atomic E-state index is 9.27. The van der Waals surface area contributed by atoms with Crippen LogP contribution in [0.5, 0.6) is 0 Å². The molecule has 2 rings (SSSR count). The van der Waals surface area contributed by atoms with Crippen molar-refractivity contribution in [3.8, 4) is 6.07 Å². The Morgan fingerprint density at radius 2 is 1.89 bits per heavy atom. The van der Waals surface area contributed by atoms with Crippen molar-refractivity contribution in [2.75, 3.05) is 5.75 Å². The predicted octanol–water partition coefficient (Wildman–Crippen LogP) is 3.24. The molecule has 0 aliphatic carbocycles. The van der Waals surface area contributed by atoms with Crippen molar-refractivity contribution in [2.24, 2.45) is 0 Å². The van der Waals surface area contributed by atoms with E-state index in [1.807, 2.05) is 24.3 Å². The number of nitrogens with zero attached hydrogens (tertiary/aromatic N) is 3. The first-order chi connectivity index (χ1) is 8.85. The molecule has 0 spiro atoms. The second-order valence-corrected chi connectivity index (χ2v) is 5.01. The second-order valence-electron chi connectivity index (χ2n) is 3.67. The van der Waals surface area contributed by atoms with Crippen molar-refractivity contribution in [1.29, 1.82) is 5.26 Å². The monoisotopic (exact) mass is 255 g/mol. The smallest absolute Gasteiger partial charge is 0.149 e. The molecule has 18 heavy (non-hydrogen) atoms. The molecule has 4 heteroatoms. The zero-order valence-corrected chi connectivity index (χ0v) is 10.9. The average molecular weight is 255 g/mol. The SMILES string of the molecule is CCSc1ccc(C(C#N)c2ncccn2)cc1. The summed E-state index contributed by atoms with van der Waals surface area (Å²) in [4.78, 5) is 9.51. The minimum absolute atomic E-state index is 0.396. The van der Waals surface area contributed by atoms with Crippen molar-refractivity contribution >= 4 is 11.8 Å². The summed E-state index contributed by atoms with van der Waals surface area (Å²) in [5.41, 5.74) is 0.934. The Labute approximate surface area is 111 Å². The first-order valence-electron chi connectivity index (χ1n) is 5.74. The van der Waals surface area contributed by atoms with Crippen molar-refractivity contribution < 1.29 is 0 Å². The largest absolute Gasteiger partial charge is 0.240 e. The Kier molecular flexibility index (Phi) is 4.32. The average Bonchev–Trinajstić information content (AvgIpc) is 2.43.